The SMILES string of the molecule is Cc1nc(CN2CCC[C@H](C(=O)c3ccccc3)C2)c2ccccn12. The molecular weight excluding hydrogens is 310 g/mol. The molecule has 2 aromatic heterocycles. The van der Waals surface area contributed by atoms with Gasteiger partial charge in [-0.15, -0.1) is 0 Å². The Morgan fingerprint density at radius 1 is 1.16 bits per heavy atom. The maximum Gasteiger partial charge on any atom is 0.167 e. The molecule has 0 bridgehead atoms. The fourth-order valence-corrected chi connectivity index (χ4v) is 3.85. The van der Waals surface area contributed by atoms with E-state index in [-0.39, 0.29) is 11.7 Å². The van der Waals surface area contributed by atoms with Crippen molar-refractivity contribution < 1.29 is 4.79 Å². The van der Waals surface area contributed by atoms with Crippen LogP contribution in [-0.4, -0.2) is 33.2 Å². The molecule has 0 saturated carbocycles. The normalized spacial score (nSPS) is 18.5. The number of pyridine rings is 1. The Bertz CT molecular complexity index is 885. The van der Waals surface area contributed by atoms with E-state index in [0.29, 0.717) is 0 Å². The number of hydrogen-bond donors (Lipinski definition) is 0. The van der Waals surface area contributed by atoms with Crippen molar-refractivity contribution in [3.63, 3.8) is 0 Å². The summed E-state index contributed by atoms with van der Waals surface area (Å²) in [4.78, 5) is 19.9. The molecule has 0 radical (unpaired) electrons. The van der Waals surface area contributed by atoms with Gasteiger partial charge in [-0.1, -0.05) is 36.4 Å². The van der Waals surface area contributed by atoms with E-state index in [4.69, 9.17) is 4.98 Å². The minimum absolute atomic E-state index is 0.0890. The van der Waals surface area contributed by atoms with Crippen molar-refractivity contribution in [1.82, 2.24) is 14.3 Å². The second-order valence-electron chi connectivity index (χ2n) is 6.87. The Morgan fingerprint density at radius 2 is 1.96 bits per heavy atom. The van der Waals surface area contributed by atoms with Gasteiger partial charge in [0.2, 0.25) is 0 Å². The van der Waals surface area contributed by atoms with Gasteiger partial charge in [0.1, 0.15) is 5.82 Å². The molecule has 0 spiro atoms. The number of carbonyl (C=O) groups is 1. The van der Waals surface area contributed by atoms with Gasteiger partial charge in [-0.25, -0.2) is 4.98 Å². The average molecular weight is 333 g/mol. The topological polar surface area (TPSA) is 37.6 Å². The third-order valence-electron chi connectivity index (χ3n) is 5.11. The fraction of sp³-hybridized carbons (Fsp3) is 0.333. The van der Waals surface area contributed by atoms with Crippen LogP contribution in [0.3, 0.4) is 0 Å². The summed E-state index contributed by atoms with van der Waals surface area (Å²) in [7, 11) is 0. The van der Waals surface area contributed by atoms with Crippen LogP contribution in [0.15, 0.2) is 54.7 Å². The van der Waals surface area contributed by atoms with E-state index >= 15 is 0 Å². The molecule has 1 fully saturated rings. The molecule has 128 valence electrons. The summed E-state index contributed by atoms with van der Waals surface area (Å²) >= 11 is 0. The van der Waals surface area contributed by atoms with Crippen molar-refractivity contribution in [2.45, 2.75) is 26.3 Å². The molecule has 1 aromatic carbocycles. The van der Waals surface area contributed by atoms with Gasteiger partial charge in [0.15, 0.2) is 5.78 Å². The van der Waals surface area contributed by atoms with E-state index < -0.39 is 0 Å². The number of hydrogen-bond acceptors (Lipinski definition) is 3. The van der Waals surface area contributed by atoms with Crippen molar-refractivity contribution in [2.24, 2.45) is 5.92 Å². The molecule has 4 rings (SSSR count). The number of piperidine rings is 1. The Kier molecular flexibility index (Phi) is 4.36. The van der Waals surface area contributed by atoms with E-state index in [0.717, 1.165) is 55.1 Å². The molecule has 25 heavy (non-hydrogen) atoms. The van der Waals surface area contributed by atoms with Crippen LogP contribution in [0.1, 0.15) is 34.7 Å². The monoisotopic (exact) mass is 333 g/mol. The molecule has 1 aliphatic heterocycles. The molecule has 4 nitrogen and oxygen atoms in total. The predicted molar refractivity (Wildman–Crippen MR) is 98.7 cm³/mol. The summed E-state index contributed by atoms with van der Waals surface area (Å²) < 4.78 is 2.13. The van der Waals surface area contributed by atoms with E-state index in [1.54, 1.807) is 0 Å². The van der Waals surface area contributed by atoms with Crippen LogP contribution in [0.4, 0.5) is 0 Å². The number of aryl methyl sites for hydroxylation is 1. The molecule has 0 unspecified atom stereocenters. The Balaban J connectivity index is 1.51. The summed E-state index contributed by atoms with van der Waals surface area (Å²) in [6.45, 7) is 4.69. The number of rotatable bonds is 4. The molecular formula is C21H23N3O. The van der Waals surface area contributed by atoms with Crippen molar-refractivity contribution >= 4 is 11.3 Å². The van der Waals surface area contributed by atoms with Crippen LogP contribution in [0, 0.1) is 12.8 Å². The molecule has 1 aliphatic rings. The Hall–Kier alpha value is -2.46. The number of aromatic nitrogens is 2. The Morgan fingerprint density at radius 3 is 2.80 bits per heavy atom. The van der Waals surface area contributed by atoms with Gasteiger partial charge < -0.3 is 4.40 Å². The fourth-order valence-electron chi connectivity index (χ4n) is 3.85. The van der Waals surface area contributed by atoms with Gasteiger partial charge in [0.05, 0.1) is 11.2 Å². The zero-order valence-corrected chi connectivity index (χ0v) is 14.6. The predicted octanol–water partition coefficient (Wildman–Crippen LogP) is 3.74. The summed E-state index contributed by atoms with van der Waals surface area (Å²) in [5.41, 5.74) is 3.10. The highest BCUT2D eigenvalue weighted by Gasteiger charge is 2.27. The highest BCUT2D eigenvalue weighted by molar-refractivity contribution is 5.98. The minimum Gasteiger partial charge on any atom is -0.304 e. The van der Waals surface area contributed by atoms with Gasteiger partial charge >= 0.3 is 0 Å². The molecule has 4 heteroatoms. The van der Waals surface area contributed by atoms with Crippen LogP contribution >= 0.6 is 0 Å². The van der Waals surface area contributed by atoms with E-state index in [1.807, 2.05) is 43.3 Å². The molecule has 3 heterocycles. The first-order chi connectivity index (χ1) is 12.2. The van der Waals surface area contributed by atoms with E-state index in [1.165, 1.54) is 0 Å². The zero-order chi connectivity index (χ0) is 17.2. The van der Waals surface area contributed by atoms with Crippen LogP contribution in [0.25, 0.3) is 5.52 Å². The van der Waals surface area contributed by atoms with Crippen LogP contribution in [0.2, 0.25) is 0 Å². The number of fused-ring (bicyclic) bond motifs is 1. The zero-order valence-electron chi connectivity index (χ0n) is 14.6. The summed E-state index contributed by atoms with van der Waals surface area (Å²) in [6, 6.07) is 15.9. The summed E-state index contributed by atoms with van der Waals surface area (Å²) in [6.07, 6.45) is 4.10. The Labute approximate surface area is 148 Å². The third-order valence-corrected chi connectivity index (χ3v) is 5.11. The van der Waals surface area contributed by atoms with Crippen molar-refractivity contribution in [3.05, 3.63) is 71.8 Å². The van der Waals surface area contributed by atoms with Gasteiger partial charge in [0.25, 0.3) is 0 Å². The number of imidazole rings is 1. The first-order valence-electron chi connectivity index (χ1n) is 8.96. The number of nitrogens with zero attached hydrogens (tertiary/aromatic N) is 3. The van der Waals surface area contributed by atoms with Crippen LogP contribution in [-0.2, 0) is 6.54 Å². The molecule has 0 aliphatic carbocycles. The molecule has 0 N–H and O–H groups in total. The standard InChI is InChI=1S/C21H23N3O/c1-16-22-19(20-11-5-6-13-24(16)20)15-23-12-7-10-18(14-23)21(25)17-8-3-2-4-9-17/h2-6,8-9,11,13,18H,7,10,12,14-15H2,1H3/t18-/m0/s1. The number of ketones is 1. The second kappa shape index (κ2) is 6.81. The quantitative estimate of drug-likeness (QED) is 0.683. The smallest absolute Gasteiger partial charge is 0.167 e. The largest absolute Gasteiger partial charge is 0.304 e. The van der Waals surface area contributed by atoms with Gasteiger partial charge in [-0.3, -0.25) is 9.69 Å². The number of likely N-dealkylation sites (tertiary alicyclic amines) is 1. The lowest BCUT2D eigenvalue weighted by Crippen LogP contribution is -2.38. The van der Waals surface area contributed by atoms with Crippen molar-refractivity contribution in [3.8, 4) is 0 Å². The van der Waals surface area contributed by atoms with Crippen molar-refractivity contribution in [2.75, 3.05) is 13.1 Å². The molecule has 1 atom stereocenters. The van der Waals surface area contributed by atoms with Gasteiger partial charge in [-0.2, -0.15) is 0 Å². The van der Waals surface area contributed by atoms with Gasteiger partial charge in [-0.05, 0) is 38.4 Å². The second-order valence-corrected chi connectivity index (χ2v) is 6.87. The average Bonchev–Trinajstić information content (AvgIpc) is 2.98. The maximum atomic E-state index is 12.8. The third kappa shape index (κ3) is 3.22. The molecule has 3 aromatic rings. The lowest BCUT2D eigenvalue weighted by atomic mass is 9.90. The first-order valence-corrected chi connectivity index (χ1v) is 8.96. The molecule has 1 saturated heterocycles. The molecule has 0 amide bonds. The van der Waals surface area contributed by atoms with Gasteiger partial charge in [0, 0.05) is 30.8 Å². The van der Waals surface area contributed by atoms with Crippen molar-refractivity contribution in [1.29, 1.82) is 0 Å². The number of carbonyl (C=O) groups excluding carboxylic acids is 1. The maximum absolute atomic E-state index is 12.8. The lowest BCUT2D eigenvalue weighted by molar-refractivity contribution is 0.0810. The van der Waals surface area contributed by atoms with Crippen LogP contribution in [0.5, 0.6) is 0 Å². The van der Waals surface area contributed by atoms with Crippen LogP contribution < -0.4 is 0 Å². The lowest BCUT2D eigenvalue weighted by Gasteiger charge is -2.31. The minimum atomic E-state index is 0.0890. The summed E-state index contributed by atoms with van der Waals surface area (Å²) in [5.74, 6) is 1.38. The van der Waals surface area contributed by atoms with E-state index in [2.05, 4.69) is 27.6 Å². The highest BCUT2D eigenvalue weighted by Crippen LogP contribution is 2.23. The van der Waals surface area contributed by atoms with E-state index in [9.17, 15) is 4.79 Å². The summed E-state index contributed by atoms with van der Waals surface area (Å²) in [5, 5.41) is 0. The highest BCUT2D eigenvalue weighted by atomic mass is 16.1. The number of Topliss-reactive ketones (excluding diaryl/α,β-unsaturated/α-hetero) is 1. The number of benzene rings is 1. The first kappa shape index (κ1) is 16.0.